The van der Waals surface area contributed by atoms with Gasteiger partial charge in [0.15, 0.2) is 11.6 Å². The summed E-state index contributed by atoms with van der Waals surface area (Å²) in [5, 5.41) is 10.1. The lowest BCUT2D eigenvalue weighted by molar-refractivity contribution is 0.0891. The summed E-state index contributed by atoms with van der Waals surface area (Å²) in [5.74, 6) is -1.17. The molecule has 0 spiro atoms. The van der Waals surface area contributed by atoms with Crippen molar-refractivity contribution in [1.29, 1.82) is 0 Å². The molecule has 1 aromatic rings. The molecule has 4 heteroatoms. The predicted octanol–water partition coefficient (Wildman–Crippen LogP) is 3.51. The van der Waals surface area contributed by atoms with Crippen LogP contribution in [0.15, 0.2) is 18.2 Å². The van der Waals surface area contributed by atoms with Crippen LogP contribution in [-0.4, -0.2) is 29.1 Å². The third-order valence-corrected chi connectivity index (χ3v) is 4.28. The van der Waals surface area contributed by atoms with Crippen molar-refractivity contribution in [3.05, 3.63) is 35.4 Å². The highest BCUT2D eigenvalue weighted by molar-refractivity contribution is 5.21. The molecule has 0 saturated carbocycles. The fourth-order valence-corrected chi connectivity index (χ4v) is 2.91. The molecule has 0 aromatic heterocycles. The average Bonchev–Trinajstić information content (AvgIpc) is 2.42. The first kappa shape index (κ1) is 15.4. The standard InChI is InChI=1S/C16H23F2NO/c1-11-6-7-12(2)19(10-11)9-8-15(20)13-4-3-5-14(17)16(13)18/h3-5,11-12,15,20H,6-10H2,1-2H3. The molecular weight excluding hydrogens is 260 g/mol. The summed E-state index contributed by atoms with van der Waals surface area (Å²) in [6.07, 6.45) is 1.87. The van der Waals surface area contributed by atoms with Crippen LogP contribution in [0.25, 0.3) is 0 Å². The minimum Gasteiger partial charge on any atom is -0.388 e. The quantitative estimate of drug-likeness (QED) is 0.914. The molecule has 20 heavy (non-hydrogen) atoms. The Morgan fingerprint density at radius 1 is 1.30 bits per heavy atom. The predicted molar refractivity (Wildman–Crippen MR) is 75.4 cm³/mol. The molecule has 3 unspecified atom stereocenters. The van der Waals surface area contributed by atoms with E-state index in [1.54, 1.807) is 0 Å². The third-order valence-electron chi connectivity index (χ3n) is 4.28. The molecule has 2 nitrogen and oxygen atoms in total. The van der Waals surface area contributed by atoms with Gasteiger partial charge in [-0.2, -0.15) is 0 Å². The van der Waals surface area contributed by atoms with Crippen molar-refractivity contribution in [2.75, 3.05) is 13.1 Å². The SMILES string of the molecule is CC1CCC(C)N(CCC(O)c2cccc(F)c2F)C1. The Balaban J connectivity index is 1.94. The van der Waals surface area contributed by atoms with Gasteiger partial charge in [-0.05, 0) is 38.2 Å². The molecule has 1 aliphatic heterocycles. The highest BCUT2D eigenvalue weighted by atomic mass is 19.2. The van der Waals surface area contributed by atoms with E-state index < -0.39 is 17.7 Å². The Morgan fingerprint density at radius 3 is 2.80 bits per heavy atom. The zero-order chi connectivity index (χ0) is 14.7. The normalized spacial score (nSPS) is 25.6. The van der Waals surface area contributed by atoms with Crippen molar-refractivity contribution >= 4 is 0 Å². The van der Waals surface area contributed by atoms with Gasteiger partial charge in [0.25, 0.3) is 0 Å². The van der Waals surface area contributed by atoms with Gasteiger partial charge in [0.1, 0.15) is 0 Å². The number of rotatable bonds is 4. The van der Waals surface area contributed by atoms with E-state index in [9.17, 15) is 13.9 Å². The maximum absolute atomic E-state index is 13.6. The van der Waals surface area contributed by atoms with E-state index in [0.29, 0.717) is 24.9 Å². The van der Waals surface area contributed by atoms with Gasteiger partial charge < -0.3 is 10.0 Å². The molecular formula is C16H23F2NO. The average molecular weight is 283 g/mol. The lowest BCUT2D eigenvalue weighted by Crippen LogP contribution is -2.41. The second-order valence-corrected chi connectivity index (χ2v) is 5.97. The first-order chi connectivity index (χ1) is 9.49. The molecule has 3 atom stereocenters. The molecule has 112 valence electrons. The van der Waals surface area contributed by atoms with Gasteiger partial charge in [0.05, 0.1) is 6.10 Å². The molecule has 1 heterocycles. The fraction of sp³-hybridized carbons (Fsp3) is 0.625. The number of hydrogen-bond donors (Lipinski definition) is 1. The van der Waals surface area contributed by atoms with Gasteiger partial charge in [0.2, 0.25) is 0 Å². The lowest BCUT2D eigenvalue weighted by atomic mass is 9.94. The van der Waals surface area contributed by atoms with E-state index in [0.717, 1.165) is 19.0 Å². The Hall–Kier alpha value is -1.00. The van der Waals surface area contributed by atoms with E-state index >= 15 is 0 Å². The van der Waals surface area contributed by atoms with Crippen LogP contribution in [0.4, 0.5) is 8.78 Å². The number of aliphatic hydroxyl groups is 1. The van der Waals surface area contributed by atoms with Crippen LogP contribution in [0.3, 0.4) is 0 Å². The number of nitrogens with zero attached hydrogens (tertiary/aromatic N) is 1. The molecule has 0 amide bonds. The van der Waals surface area contributed by atoms with Crippen LogP contribution >= 0.6 is 0 Å². The maximum Gasteiger partial charge on any atom is 0.164 e. The second kappa shape index (κ2) is 6.64. The maximum atomic E-state index is 13.6. The van der Waals surface area contributed by atoms with Gasteiger partial charge in [-0.25, -0.2) is 8.78 Å². The van der Waals surface area contributed by atoms with E-state index in [-0.39, 0.29) is 5.56 Å². The van der Waals surface area contributed by atoms with Crippen molar-refractivity contribution in [1.82, 2.24) is 4.90 Å². The van der Waals surface area contributed by atoms with Crippen LogP contribution in [0.1, 0.15) is 44.8 Å². The van der Waals surface area contributed by atoms with E-state index in [4.69, 9.17) is 0 Å². The molecule has 0 aliphatic carbocycles. The molecule has 2 rings (SSSR count). The van der Waals surface area contributed by atoms with Crippen molar-refractivity contribution < 1.29 is 13.9 Å². The Labute approximate surface area is 119 Å². The highest BCUT2D eigenvalue weighted by Crippen LogP contribution is 2.25. The Bertz CT molecular complexity index is 452. The third kappa shape index (κ3) is 3.55. The largest absolute Gasteiger partial charge is 0.388 e. The van der Waals surface area contributed by atoms with Gasteiger partial charge >= 0.3 is 0 Å². The first-order valence-electron chi connectivity index (χ1n) is 7.35. The van der Waals surface area contributed by atoms with Gasteiger partial charge in [-0.3, -0.25) is 0 Å². The molecule has 1 aliphatic rings. The molecule has 1 N–H and O–H groups in total. The number of hydrogen-bond acceptors (Lipinski definition) is 2. The smallest absolute Gasteiger partial charge is 0.164 e. The number of likely N-dealkylation sites (tertiary alicyclic amines) is 1. The summed E-state index contributed by atoms with van der Waals surface area (Å²) in [6.45, 7) is 6.13. The molecule has 0 bridgehead atoms. The van der Waals surface area contributed by atoms with E-state index in [1.807, 2.05) is 0 Å². The Kier molecular flexibility index (Phi) is 5.11. The van der Waals surface area contributed by atoms with Crippen molar-refractivity contribution in [2.24, 2.45) is 5.92 Å². The monoisotopic (exact) mass is 283 g/mol. The summed E-state index contributed by atoms with van der Waals surface area (Å²) >= 11 is 0. The van der Waals surface area contributed by atoms with Crippen LogP contribution < -0.4 is 0 Å². The minimum absolute atomic E-state index is 0.0581. The fourth-order valence-electron chi connectivity index (χ4n) is 2.91. The minimum atomic E-state index is -0.949. The zero-order valence-electron chi connectivity index (χ0n) is 12.1. The molecule has 1 saturated heterocycles. The summed E-state index contributed by atoms with van der Waals surface area (Å²) < 4.78 is 26.8. The van der Waals surface area contributed by atoms with E-state index in [1.165, 1.54) is 18.6 Å². The topological polar surface area (TPSA) is 23.5 Å². The summed E-state index contributed by atoms with van der Waals surface area (Å²) in [5.41, 5.74) is 0.0581. The summed E-state index contributed by atoms with van der Waals surface area (Å²) in [7, 11) is 0. The zero-order valence-corrected chi connectivity index (χ0v) is 12.1. The van der Waals surface area contributed by atoms with Crippen molar-refractivity contribution in [2.45, 2.75) is 45.3 Å². The summed E-state index contributed by atoms with van der Waals surface area (Å²) in [6, 6.07) is 4.45. The van der Waals surface area contributed by atoms with Crippen LogP contribution in [0.2, 0.25) is 0 Å². The number of aliphatic hydroxyl groups excluding tert-OH is 1. The highest BCUT2D eigenvalue weighted by Gasteiger charge is 2.24. The molecule has 1 fully saturated rings. The second-order valence-electron chi connectivity index (χ2n) is 5.97. The van der Waals surface area contributed by atoms with Gasteiger partial charge in [-0.15, -0.1) is 0 Å². The van der Waals surface area contributed by atoms with Crippen LogP contribution in [-0.2, 0) is 0 Å². The van der Waals surface area contributed by atoms with Crippen LogP contribution in [0, 0.1) is 17.6 Å². The summed E-state index contributed by atoms with van der Waals surface area (Å²) in [4.78, 5) is 2.33. The molecule has 1 aromatic carbocycles. The van der Waals surface area contributed by atoms with Crippen molar-refractivity contribution in [3.8, 4) is 0 Å². The van der Waals surface area contributed by atoms with Crippen molar-refractivity contribution in [3.63, 3.8) is 0 Å². The van der Waals surface area contributed by atoms with Crippen LogP contribution in [0.5, 0.6) is 0 Å². The number of piperidine rings is 1. The lowest BCUT2D eigenvalue weighted by Gasteiger charge is -2.37. The number of halogens is 2. The van der Waals surface area contributed by atoms with Gasteiger partial charge in [0, 0.05) is 24.7 Å². The van der Waals surface area contributed by atoms with E-state index in [2.05, 4.69) is 18.7 Å². The Morgan fingerprint density at radius 2 is 2.05 bits per heavy atom. The van der Waals surface area contributed by atoms with Gasteiger partial charge in [-0.1, -0.05) is 19.1 Å². The first-order valence-corrected chi connectivity index (χ1v) is 7.35. The number of benzene rings is 1. The molecule has 0 radical (unpaired) electrons.